The fraction of sp³-hybridized carbons (Fsp3) is 0.619. The number of aryl methyl sites for hydroxylation is 1. The van der Waals surface area contributed by atoms with Crippen LogP contribution in [-0.2, 0) is 4.74 Å². The van der Waals surface area contributed by atoms with Gasteiger partial charge in [-0.25, -0.2) is 9.78 Å². The van der Waals surface area contributed by atoms with Crippen molar-refractivity contribution in [1.82, 2.24) is 9.88 Å². The first-order valence-corrected chi connectivity index (χ1v) is 9.39. The maximum atomic E-state index is 12.6. The SMILES string of the molecule is C#Cc1cc(N2CCN(C(=O)OCCCC)C(C(C)(C)C)C2)ncc1C. The highest BCUT2D eigenvalue weighted by molar-refractivity contribution is 5.69. The number of piperazine rings is 1. The van der Waals surface area contributed by atoms with E-state index in [0.717, 1.165) is 36.3 Å². The third-order valence-corrected chi connectivity index (χ3v) is 4.91. The van der Waals surface area contributed by atoms with E-state index in [4.69, 9.17) is 11.2 Å². The van der Waals surface area contributed by atoms with Crippen molar-refractivity contribution in [3.05, 3.63) is 23.4 Å². The normalized spacial score (nSPS) is 17.8. The van der Waals surface area contributed by atoms with Gasteiger partial charge >= 0.3 is 6.09 Å². The molecule has 1 aliphatic rings. The monoisotopic (exact) mass is 357 g/mol. The predicted molar refractivity (Wildman–Crippen MR) is 105 cm³/mol. The quantitative estimate of drug-likeness (QED) is 0.607. The predicted octanol–water partition coefficient (Wildman–Crippen LogP) is 3.84. The van der Waals surface area contributed by atoms with Crippen LogP contribution < -0.4 is 4.90 Å². The van der Waals surface area contributed by atoms with Gasteiger partial charge in [0, 0.05) is 31.4 Å². The summed E-state index contributed by atoms with van der Waals surface area (Å²) < 4.78 is 5.47. The van der Waals surface area contributed by atoms with Crippen molar-refractivity contribution >= 4 is 11.9 Å². The Labute approximate surface area is 157 Å². The van der Waals surface area contributed by atoms with E-state index in [1.165, 1.54) is 0 Å². The van der Waals surface area contributed by atoms with E-state index in [1.54, 1.807) is 0 Å². The maximum absolute atomic E-state index is 12.6. The zero-order valence-electron chi connectivity index (χ0n) is 16.7. The Bertz CT molecular complexity index is 673. The fourth-order valence-corrected chi connectivity index (χ4v) is 3.18. The van der Waals surface area contributed by atoms with Crippen LogP contribution in [-0.4, -0.2) is 48.3 Å². The zero-order chi connectivity index (χ0) is 19.3. The summed E-state index contributed by atoms with van der Waals surface area (Å²) in [6, 6.07) is 2.01. The Morgan fingerprint density at radius 3 is 2.77 bits per heavy atom. The highest BCUT2D eigenvalue weighted by Gasteiger charge is 2.39. The summed E-state index contributed by atoms with van der Waals surface area (Å²) in [6.07, 6.45) is 9.12. The maximum Gasteiger partial charge on any atom is 0.410 e. The molecule has 5 nitrogen and oxygen atoms in total. The van der Waals surface area contributed by atoms with E-state index in [9.17, 15) is 4.79 Å². The molecule has 142 valence electrons. The molecule has 1 unspecified atom stereocenters. The van der Waals surface area contributed by atoms with Crippen LogP contribution in [0.1, 0.15) is 51.7 Å². The van der Waals surface area contributed by atoms with Gasteiger partial charge in [0.2, 0.25) is 0 Å². The molecule has 26 heavy (non-hydrogen) atoms. The average molecular weight is 357 g/mol. The minimum absolute atomic E-state index is 0.0442. The van der Waals surface area contributed by atoms with E-state index in [0.29, 0.717) is 19.7 Å². The van der Waals surface area contributed by atoms with Gasteiger partial charge in [-0.05, 0) is 30.4 Å². The van der Waals surface area contributed by atoms with Gasteiger partial charge in [-0.2, -0.15) is 0 Å². The molecular weight excluding hydrogens is 326 g/mol. The summed E-state index contributed by atoms with van der Waals surface area (Å²) in [5, 5.41) is 0. The Hall–Kier alpha value is -2.22. The van der Waals surface area contributed by atoms with Gasteiger partial charge in [0.1, 0.15) is 5.82 Å². The number of carbonyl (C=O) groups excluding carboxylic acids is 1. The number of pyridine rings is 1. The molecule has 2 heterocycles. The summed E-state index contributed by atoms with van der Waals surface area (Å²) in [6.45, 7) is 13.1. The smallest absolute Gasteiger partial charge is 0.410 e. The van der Waals surface area contributed by atoms with Gasteiger partial charge in [-0.3, -0.25) is 0 Å². The number of hydrogen-bond donors (Lipinski definition) is 0. The molecule has 1 atom stereocenters. The number of terminal acetylenes is 1. The molecule has 1 fully saturated rings. The lowest BCUT2D eigenvalue weighted by molar-refractivity contribution is 0.0499. The molecule has 1 aromatic rings. The fourth-order valence-electron chi connectivity index (χ4n) is 3.18. The molecule has 0 bridgehead atoms. The molecule has 2 rings (SSSR count). The molecule has 1 aliphatic heterocycles. The van der Waals surface area contributed by atoms with Crippen molar-refractivity contribution in [3.63, 3.8) is 0 Å². The standard InChI is InChI=1S/C21H31N3O2/c1-7-9-12-26-20(25)24-11-10-23(15-18(24)21(4,5)6)19-13-17(8-2)16(3)14-22-19/h2,13-14,18H,7,9-12,15H2,1,3-6H3. The van der Waals surface area contributed by atoms with Gasteiger partial charge in [0.15, 0.2) is 0 Å². The van der Waals surface area contributed by atoms with Gasteiger partial charge in [-0.1, -0.05) is 40.0 Å². The number of amides is 1. The summed E-state index contributed by atoms with van der Waals surface area (Å²) in [4.78, 5) is 21.2. The first-order chi connectivity index (χ1) is 12.3. The third-order valence-electron chi connectivity index (χ3n) is 4.91. The largest absolute Gasteiger partial charge is 0.449 e. The second-order valence-corrected chi connectivity index (χ2v) is 7.99. The Balaban J connectivity index is 2.17. The van der Waals surface area contributed by atoms with Crippen molar-refractivity contribution in [2.24, 2.45) is 5.41 Å². The van der Waals surface area contributed by atoms with Crippen molar-refractivity contribution in [2.45, 2.75) is 53.5 Å². The molecule has 5 heteroatoms. The Morgan fingerprint density at radius 1 is 1.42 bits per heavy atom. The number of nitrogens with zero attached hydrogens (tertiary/aromatic N) is 3. The van der Waals surface area contributed by atoms with Gasteiger partial charge < -0.3 is 14.5 Å². The minimum Gasteiger partial charge on any atom is -0.449 e. The highest BCUT2D eigenvalue weighted by atomic mass is 16.6. The van der Waals surface area contributed by atoms with Crippen LogP contribution in [0.25, 0.3) is 0 Å². The molecule has 0 aliphatic carbocycles. The molecule has 0 radical (unpaired) electrons. The van der Waals surface area contributed by atoms with Gasteiger partial charge in [0.05, 0.1) is 12.6 Å². The van der Waals surface area contributed by atoms with Crippen molar-refractivity contribution in [1.29, 1.82) is 0 Å². The van der Waals surface area contributed by atoms with E-state index in [1.807, 2.05) is 24.1 Å². The lowest BCUT2D eigenvalue weighted by Crippen LogP contribution is -2.60. The van der Waals surface area contributed by atoms with Crippen LogP contribution in [0, 0.1) is 24.7 Å². The van der Waals surface area contributed by atoms with Crippen LogP contribution in [0.5, 0.6) is 0 Å². The minimum atomic E-state index is -0.209. The van der Waals surface area contributed by atoms with Crippen molar-refractivity contribution in [2.75, 3.05) is 31.1 Å². The molecule has 0 aromatic carbocycles. The first kappa shape index (κ1) is 20.1. The number of hydrogen-bond acceptors (Lipinski definition) is 4. The third kappa shape index (κ3) is 4.69. The molecule has 0 spiro atoms. The van der Waals surface area contributed by atoms with Gasteiger partial charge in [0.25, 0.3) is 0 Å². The van der Waals surface area contributed by atoms with Crippen LogP contribution in [0.3, 0.4) is 0 Å². The lowest BCUT2D eigenvalue weighted by Gasteiger charge is -2.46. The van der Waals surface area contributed by atoms with E-state index in [2.05, 4.69) is 43.5 Å². The molecule has 1 saturated heterocycles. The summed E-state index contributed by atoms with van der Waals surface area (Å²) in [5.41, 5.74) is 1.80. The second-order valence-electron chi connectivity index (χ2n) is 7.99. The number of aromatic nitrogens is 1. The van der Waals surface area contributed by atoms with E-state index < -0.39 is 0 Å². The van der Waals surface area contributed by atoms with Gasteiger partial charge in [-0.15, -0.1) is 6.42 Å². The molecule has 1 aromatic heterocycles. The summed E-state index contributed by atoms with van der Waals surface area (Å²) in [7, 11) is 0. The molecule has 1 amide bonds. The molecule has 0 saturated carbocycles. The molecular formula is C21H31N3O2. The number of rotatable bonds is 4. The van der Waals surface area contributed by atoms with Crippen molar-refractivity contribution in [3.8, 4) is 12.3 Å². The first-order valence-electron chi connectivity index (χ1n) is 9.39. The topological polar surface area (TPSA) is 45.7 Å². The second kappa shape index (κ2) is 8.44. The summed E-state index contributed by atoms with van der Waals surface area (Å²) in [5.74, 6) is 3.59. The molecule has 0 N–H and O–H groups in total. The Kier molecular flexibility index (Phi) is 6.52. The number of ether oxygens (including phenoxy) is 1. The highest BCUT2D eigenvalue weighted by Crippen LogP contribution is 2.30. The number of carbonyl (C=O) groups is 1. The van der Waals surface area contributed by atoms with Crippen molar-refractivity contribution < 1.29 is 9.53 Å². The average Bonchev–Trinajstić information content (AvgIpc) is 2.61. The summed E-state index contributed by atoms with van der Waals surface area (Å²) >= 11 is 0. The Morgan fingerprint density at radius 2 is 2.15 bits per heavy atom. The number of anilines is 1. The van der Waals surface area contributed by atoms with Crippen LogP contribution >= 0.6 is 0 Å². The van der Waals surface area contributed by atoms with Crippen LogP contribution in [0.2, 0.25) is 0 Å². The zero-order valence-corrected chi connectivity index (χ0v) is 16.7. The lowest BCUT2D eigenvalue weighted by atomic mass is 9.84. The van der Waals surface area contributed by atoms with Crippen LogP contribution in [0.15, 0.2) is 12.3 Å². The van der Waals surface area contributed by atoms with E-state index in [-0.39, 0.29) is 17.6 Å². The van der Waals surface area contributed by atoms with E-state index >= 15 is 0 Å². The van der Waals surface area contributed by atoms with Crippen LogP contribution in [0.4, 0.5) is 10.6 Å². The number of unbranched alkanes of at least 4 members (excludes halogenated alkanes) is 1.